The number of nitriles is 1. The number of nitrogens with zero attached hydrogens (tertiary/aromatic N) is 2. The van der Waals surface area contributed by atoms with Crippen LogP contribution in [-0.2, 0) is 6.42 Å². The molecular formula is C16H15BrN4O. The van der Waals surface area contributed by atoms with E-state index >= 15 is 0 Å². The standard InChI is InChI=1S/C16H15BrN4O/c1-2-5-12-14-13(9-6-3-4-7-11(9)17)10(8-18)15(19)22-16(14)21-20-12/h3-4,6-7,13H,2,5,19H2,1H3,(H,20,21)/t13-/m1/s1. The number of rotatable bonds is 3. The smallest absolute Gasteiger partial charge is 0.244 e. The number of H-pyrrole nitrogens is 1. The number of aromatic nitrogens is 2. The normalized spacial score (nSPS) is 16.9. The van der Waals surface area contributed by atoms with E-state index in [4.69, 9.17) is 10.5 Å². The summed E-state index contributed by atoms with van der Waals surface area (Å²) >= 11 is 3.57. The number of hydrogen-bond acceptors (Lipinski definition) is 4. The molecule has 0 unspecified atom stereocenters. The molecule has 0 fully saturated rings. The summed E-state index contributed by atoms with van der Waals surface area (Å²) in [6.45, 7) is 2.10. The third-order valence-corrected chi connectivity index (χ3v) is 4.46. The highest BCUT2D eigenvalue weighted by atomic mass is 79.9. The number of nitrogens with two attached hydrogens (primary N) is 1. The average Bonchev–Trinajstić information content (AvgIpc) is 2.89. The zero-order valence-electron chi connectivity index (χ0n) is 12.1. The van der Waals surface area contributed by atoms with Crippen molar-refractivity contribution in [1.29, 1.82) is 5.26 Å². The summed E-state index contributed by atoms with van der Waals surface area (Å²) in [6, 6.07) is 10.0. The Balaban J connectivity index is 2.24. The van der Waals surface area contributed by atoms with Gasteiger partial charge in [-0.15, -0.1) is 5.10 Å². The lowest BCUT2D eigenvalue weighted by molar-refractivity contribution is 0.378. The number of allylic oxidation sites excluding steroid dienone is 1. The quantitative estimate of drug-likeness (QED) is 0.880. The van der Waals surface area contributed by atoms with Crippen LogP contribution in [0.1, 0.15) is 36.1 Å². The third kappa shape index (κ3) is 2.28. The summed E-state index contributed by atoms with van der Waals surface area (Å²) in [5, 5.41) is 16.8. The first kappa shape index (κ1) is 14.7. The van der Waals surface area contributed by atoms with Crippen molar-refractivity contribution in [2.24, 2.45) is 5.73 Å². The van der Waals surface area contributed by atoms with Gasteiger partial charge in [-0.2, -0.15) is 5.26 Å². The molecule has 1 aliphatic heterocycles. The summed E-state index contributed by atoms with van der Waals surface area (Å²) in [6.07, 6.45) is 1.81. The van der Waals surface area contributed by atoms with Crippen molar-refractivity contribution in [3.05, 3.63) is 57.0 Å². The zero-order chi connectivity index (χ0) is 15.7. The molecule has 0 saturated carbocycles. The van der Waals surface area contributed by atoms with Crippen LogP contribution < -0.4 is 10.5 Å². The number of benzene rings is 1. The van der Waals surface area contributed by atoms with E-state index in [1.165, 1.54) is 0 Å². The summed E-state index contributed by atoms with van der Waals surface area (Å²) in [5.41, 5.74) is 9.21. The number of nitrogens with one attached hydrogen (secondary N) is 1. The highest BCUT2D eigenvalue weighted by Gasteiger charge is 2.35. The molecule has 0 amide bonds. The topological polar surface area (TPSA) is 87.7 Å². The van der Waals surface area contributed by atoms with Crippen molar-refractivity contribution in [3.63, 3.8) is 0 Å². The fourth-order valence-corrected chi connectivity index (χ4v) is 3.28. The van der Waals surface area contributed by atoms with Gasteiger partial charge in [0.15, 0.2) is 0 Å². The molecule has 0 aliphatic carbocycles. The molecule has 22 heavy (non-hydrogen) atoms. The number of halogens is 1. The van der Waals surface area contributed by atoms with Crippen LogP contribution in [0.2, 0.25) is 0 Å². The predicted molar refractivity (Wildman–Crippen MR) is 86.0 cm³/mol. The molecular weight excluding hydrogens is 344 g/mol. The second kappa shape index (κ2) is 5.85. The van der Waals surface area contributed by atoms with Crippen LogP contribution in [0.15, 0.2) is 40.2 Å². The van der Waals surface area contributed by atoms with Gasteiger partial charge in [0.25, 0.3) is 0 Å². The van der Waals surface area contributed by atoms with Crippen LogP contribution in [0, 0.1) is 11.3 Å². The molecule has 6 heteroatoms. The van der Waals surface area contributed by atoms with Crippen LogP contribution in [0.5, 0.6) is 5.88 Å². The van der Waals surface area contributed by atoms with E-state index in [1.54, 1.807) is 0 Å². The zero-order valence-corrected chi connectivity index (χ0v) is 13.6. The second-order valence-electron chi connectivity index (χ2n) is 5.12. The van der Waals surface area contributed by atoms with Crippen molar-refractivity contribution in [2.45, 2.75) is 25.7 Å². The van der Waals surface area contributed by atoms with Gasteiger partial charge in [-0.1, -0.05) is 47.5 Å². The van der Waals surface area contributed by atoms with Gasteiger partial charge in [-0.25, -0.2) is 0 Å². The maximum atomic E-state index is 9.55. The fourth-order valence-electron chi connectivity index (χ4n) is 2.77. The second-order valence-corrected chi connectivity index (χ2v) is 5.97. The van der Waals surface area contributed by atoms with Crippen molar-refractivity contribution >= 4 is 15.9 Å². The number of aryl methyl sites for hydroxylation is 1. The molecule has 1 aromatic heterocycles. The number of aromatic amines is 1. The maximum absolute atomic E-state index is 9.55. The van der Waals surface area contributed by atoms with Crippen LogP contribution in [0.3, 0.4) is 0 Å². The van der Waals surface area contributed by atoms with Crippen molar-refractivity contribution in [2.75, 3.05) is 0 Å². The van der Waals surface area contributed by atoms with Gasteiger partial charge in [-0.3, -0.25) is 5.10 Å². The summed E-state index contributed by atoms with van der Waals surface area (Å²) in [7, 11) is 0. The van der Waals surface area contributed by atoms with Crippen molar-refractivity contribution < 1.29 is 4.74 Å². The van der Waals surface area contributed by atoms with E-state index in [0.29, 0.717) is 11.5 Å². The van der Waals surface area contributed by atoms with Crippen LogP contribution in [0.4, 0.5) is 0 Å². The largest absolute Gasteiger partial charge is 0.420 e. The molecule has 112 valence electrons. The molecule has 3 rings (SSSR count). The Morgan fingerprint density at radius 3 is 2.91 bits per heavy atom. The van der Waals surface area contributed by atoms with Crippen molar-refractivity contribution in [1.82, 2.24) is 10.2 Å². The lowest BCUT2D eigenvalue weighted by Crippen LogP contribution is -2.21. The molecule has 3 N–H and O–H groups in total. The minimum atomic E-state index is -0.273. The van der Waals surface area contributed by atoms with Crippen molar-refractivity contribution in [3.8, 4) is 11.9 Å². The first-order valence-electron chi connectivity index (χ1n) is 7.06. The monoisotopic (exact) mass is 358 g/mol. The van der Waals surface area contributed by atoms with Crippen LogP contribution in [-0.4, -0.2) is 10.2 Å². The SMILES string of the molecule is CCCc1[nH]nc2c1[C@H](c1ccccc1Br)C(C#N)=C(N)O2. The molecule has 2 heterocycles. The van der Waals surface area contributed by atoms with E-state index in [-0.39, 0.29) is 11.8 Å². The Morgan fingerprint density at radius 1 is 1.45 bits per heavy atom. The van der Waals surface area contributed by atoms with E-state index in [1.807, 2.05) is 24.3 Å². The van der Waals surface area contributed by atoms with E-state index in [2.05, 4.69) is 39.1 Å². The van der Waals surface area contributed by atoms with Gasteiger partial charge in [0.05, 0.1) is 5.92 Å². The molecule has 2 aromatic rings. The summed E-state index contributed by atoms with van der Waals surface area (Å²) in [5.74, 6) is 0.302. The van der Waals surface area contributed by atoms with Gasteiger partial charge in [0, 0.05) is 15.7 Å². The van der Waals surface area contributed by atoms with E-state index in [0.717, 1.165) is 34.1 Å². The van der Waals surface area contributed by atoms with E-state index < -0.39 is 0 Å². The van der Waals surface area contributed by atoms with Gasteiger partial charge < -0.3 is 10.5 Å². The van der Waals surface area contributed by atoms with Gasteiger partial charge in [0.2, 0.25) is 11.8 Å². The Morgan fingerprint density at radius 2 is 2.23 bits per heavy atom. The number of ether oxygens (including phenoxy) is 1. The molecule has 5 nitrogen and oxygen atoms in total. The lowest BCUT2D eigenvalue weighted by atomic mass is 9.83. The van der Waals surface area contributed by atoms with Gasteiger partial charge in [-0.05, 0) is 18.1 Å². The van der Waals surface area contributed by atoms with Gasteiger partial charge in [0.1, 0.15) is 11.6 Å². The molecule has 1 atom stereocenters. The predicted octanol–water partition coefficient (Wildman–Crippen LogP) is 3.34. The Hall–Kier alpha value is -2.26. The molecule has 0 saturated heterocycles. The minimum absolute atomic E-state index is 0.116. The Bertz CT molecular complexity index is 788. The van der Waals surface area contributed by atoms with Crippen LogP contribution >= 0.6 is 15.9 Å². The lowest BCUT2D eigenvalue weighted by Gasteiger charge is -2.24. The fraction of sp³-hybridized carbons (Fsp3) is 0.250. The first-order valence-corrected chi connectivity index (χ1v) is 7.85. The molecule has 1 aliphatic rings. The summed E-state index contributed by atoms with van der Waals surface area (Å²) in [4.78, 5) is 0. The molecule has 1 aromatic carbocycles. The molecule has 0 spiro atoms. The van der Waals surface area contributed by atoms with Crippen LogP contribution in [0.25, 0.3) is 0 Å². The average molecular weight is 359 g/mol. The number of fused-ring (bicyclic) bond motifs is 1. The number of hydrogen-bond donors (Lipinski definition) is 2. The van der Waals surface area contributed by atoms with E-state index in [9.17, 15) is 5.26 Å². The highest BCUT2D eigenvalue weighted by Crippen LogP contribution is 2.44. The minimum Gasteiger partial charge on any atom is -0.420 e. The molecule has 0 radical (unpaired) electrons. The third-order valence-electron chi connectivity index (χ3n) is 3.73. The Kier molecular flexibility index (Phi) is 3.90. The summed E-state index contributed by atoms with van der Waals surface area (Å²) < 4.78 is 6.46. The van der Waals surface area contributed by atoms with Gasteiger partial charge >= 0.3 is 0 Å². The molecule has 0 bridgehead atoms. The Labute approximate surface area is 136 Å². The maximum Gasteiger partial charge on any atom is 0.244 e. The first-order chi connectivity index (χ1) is 10.7. The highest BCUT2D eigenvalue weighted by molar-refractivity contribution is 9.10.